The largest absolute Gasteiger partial charge is 0.399 e. The van der Waals surface area contributed by atoms with Gasteiger partial charge in [0, 0.05) is 16.4 Å². The topological polar surface area (TPSA) is 67.6 Å². The number of aromatic nitrogens is 3. The number of rotatable bonds is 2. The summed E-state index contributed by atoms with van der Waals surface area (Å²) in [5.74, 6) is 0. The molecule has 1 aromatic carbocycles. The minimum atomic E-state index is 0.726. The maximum atomic E-state index is 5.73. The van der Waals surface area contributed by atoms with Gasteiger partial charge >= 0.3 is 0 Å². The first-order valence-corrected chi connectivity index (χ1v) is 6.86. The Morgan fingerprint density at radius 1 is 1.22 bits per heavy atom. The van der Waals surface area contributed by atoms with Crippen LogP contribution in [0.4, 0.5) is 5.69 Å². The number of halogens is 1. The highest BCUT2D eigenvalue weighted by Gasteiger charge is 2.05. The average Bonchev–Trinajstić information content (AvgIpc) is 2.73. The molecule has 3 rings (SSSR count). The Bertz CT molecular complexity index is 693. The summed E-state index contributed by atoms with van der Waals surface area (Å²) in [6, 6.07) is 9.52. The van der Waals surface area contributed by atoms with Gasteiger partial charge in [-0.1, -0.05) is 0 Å². The van der Waals surface area contributed by atoms with Crippen molar-refractivity contribution < 1.29 is 0 Å². The van der Waals surface area contributed by atoms with Crippen LogP contribution in [0.15, 0.2) is 51.2 Å². The van der Waals surface area contributed by atoms with E-state index in [-0.39, 0.29) is 0 Å². The number of imidazole rings is 1. The number of nitrogens with two attached hydrogens (primary N) is 1. The van der Waals surface area contributed by atoms with Gasteiger partial charge < -0.3 is 10.7 Å². The van der Waals surface area contributed by atoms with E-state index < -0.39 is 0 Å². The van der Waals surface area contributed by atoms with Crippen LogP contribution in [0.1, 0.15) is 0 Å². The minimum Gasteiger partial charge on any atom is -0.399 e. The number of anilines is 1. The van der Waals surface area contributed by atoms with Crippen molar-refractivity contribution in [2.24, 2.45) is 0 Å². The molecule has 18 heavy (non-hydrogen) atoms. The molecule has 2 aromatic heterocycles. The van der Waals surface area contributed by atoms with E-state index in [4.69, 9.17) is 5.73 Å². The SMILES string of the molecule is Nc1ccc2nc(Sc3ccc(Br)cn3)[nH]c2c1. The number of nitrogen functional groups attached to an aromatic ring is 1. The van der Waals surface area contributed by atoms with Crippen molar-refractivity contribution in [3.8, 4) is 0 Å². The fourth-order valence-electron chi connectivity index (χ4n) is 1.57. The molecule has 0 unspecified atom stereocenters. The van der Waals surface area contributed by atoms with Crippen molar-refractivity contribution in [1.82, 2.24) is 15.0 Å². The van der Waals surface area contributed by atoms with Crippen LogP contribution in [0.3, 0.4) is 0 Å². The second-order valence-corrected chi connectivity index (χ2v) is 5.66. The first-order chi connectivity index (χ1) is 8.70. The van der Waals surface area contributed by atoms with Gasteiger partial charge in [0.05, 0.1) is 11.0 Å². The van der Waals surface area contributed by atoms with Crippen LogP contribution in [0.5, 0.6) is 0 Å². The molecule has 6 heteroatoms. The van der Waals surface area contributed by atoms with Crippen molar-refractivity contribution >= 4 is 44.4 Å². The first kappa shape index (κ1) is 11.6. The Morgan fingerprint density at radius 3 is 2.89 bits per heavy atom. The third-order valence-corrected chi connectivity index (χ3v) is 3.69. The minimum absolute atomic E-state index is 0.726. The molecule has 0 bridgehead atoms. The third kappa shape index (κ3) is 2.34. The smallest absolute Gasteiger partial charge is 0.172 e. The highest BCUT2D eigenvalue weighted by molar-refractivity contribution is 9.10. The number of nitrogens with zero attached hydrogens (tertiary/aromatic N) is 2. The Kier molecular flexibility index (Phi) is 2.97. The van der Waals surface area contributed by atoms with Crippen molar-refractivity contribution in [3.05, 3.63) is 41.0 Å². The molecule has 0 radical (unpaired) electrons. The number of benzene rings is 1. The number of hydrogen-bond acceptors (Lipinski definition) is 4. The Morgan fingerprint density at radius 2 is 2.11 bits per heavy atom. The lowest BCUT2D eigenvalue weighted by atomic mass is 10.3. The van der Waals surface area contributed by atoms with E-state index in [2.05, 4.69) is 30.9 Å². The Balaban J connectivity index is 1.92. The normalized spacial score (nSPS) is 10.9. The van der Waals surface area contributed by atoms with Crippen LogP contribution in [0.2, 0.25) is 0 Å². The summed E-state index contributed by atoms with van der Waals surface area (Å²) >= 11 is 4.85. The quantitative estimate of drug-likeness (QED) is 0.709. The average molecular weight is 321 g/mol. The van der Waals surface area contributed by atoms with E-state index in [1.807, 2.05) is 30.3 Å². The van der Waals surface area contributed by atoms with Crippen LogP contribution >= 0.6 is 27.7 Å². The van der Waals surface area contributed by atoms with E-state index in [0.717, 1.165) is 31.4 Å². The zero-order valence-corrected chi connectivity index (χ0v) is 11.6. The molecule has 0 atom stereocenters. The fourth-order valence-corrected chi connectivity index (χ4v) is 2.55. The molecule has 0 aliphatic carbocycles. The van der Waals surface area contributed by atoms with E-state index >= 15 is 0 Å². The molecule has 2 heterocycles. The number of fused-ring (bicyclic) bond motifs is 1. The predicted molar refractivity (Wildman–Crippen MR) is 76.6 cm³/mol. The highest BCUT2D eigenvalue weighted by Crippen LogP contribution is 2.26. The molecule has 90 valence electrons. The van der Waals surface area contributed by atoms with Crippen LogP contribution < -0.4 is 5.73 Å². The van der Waals surface area contributed by atoms with Crippen LogP contribution in [-0.4, -0.2) is 15.0 Å². The van der Waals surface area contributed by atoms with E-state index in [9.17, 15) is 0 Å². The second kappa shape index (κ2) is 4.62. The lowest BCUT2D eigenvalue weighted by molar-refractivity contribution is 1.05. The fraction of sp³-hybridized carbons (Fsp3) is 0. The van der Waals surface area contributed by atoms with Crippen molar-refractivity contribution in [1.29, 1.82) is 0 Å². The molecule has 0 aliphatic heterocycles. The van der Waals surface area contributed by atoms with E-state index in [1.54, 1.807) is 6.20 Å². The van der Waals surface area contributed by atoms with Gasteiger partial charge in [-0.3, -0.25) is 0 Å². The van der Waals surface area contributed by atoms with Crippen LogP contribution in [0.25, 0.3) is 11.0 Å². The molecule has 0 saturated carbocycles. The van der Waals surface area contributed by atoms with Gasteiger partial charge in [-0.05, 0) is 58.0 Å². The van der Waals surface area contributed by atoms with Crippen molar-refractivity contribution in [3.63, 3.8) is 0 Å². The maximum absolute atomic E-state index is 5.73. The molecule has 0 spiro atoms. The third-order valence-electron chi connectivity index (χ3n) is 2.39. The van der Waals surface area contributed by atoms with Crippen LogP contribution in [0, 0.1) is 0 Å². The summed E-state index contributed by atoms with van der Waals surface area (Å²) in [5.41, 5.74) is 8.30. The predicted octanol–water partition coefficient (Wildman–Crippen LogP) is 3.45. The summed E-state index contributed by atoms with van der Waals surface area (Å²) in [7, 11) is 0. The monoisotopic (exact) mass is 320 g/mol. The van der Waals surface area contributed by atoms with Crippen LogP contribution in [-0.2, 0) is 0 Å². The first-order valence-electron chi connectivity index (χ1n) is 5.25. The van der Waals surface area contributed by atoms with Gasteiger partial charge in [0.25, 0.3) is 0 Å². The lowest BCUT2D eigenvalue weighted by Gasteiger charge is -1.96. The molecule has 0 aliphatic rings. The summed E-state index contributed by atoms with van der Waals surface area (Å²) in [6.45, 7) is 0. The van der Waals surface area contributed by atoms with Gasteiger partial charge in [-0.25, -0.2) is 9.97 Å². The highest BCUT2D eigenvalue weighted by atomic mass is 79.9. The molecule has 0 saturated heterocycles. The molecular formula is C12H9BrN4S. The molecule has 0 amide bonds. The Hall–Kier alpha value is -1.53. The second-order valence-electron chi connectivity index (χ2n) is 3.74. The summed E-state index contributed by atoms with van der Waals surface area (Å²) in [5, 5.41) is 1.70. The standard InChI is InChI=1S/C12H9BrN4S/c13-7-1-4-11(15-6-7)18-12-16-9-3-2-8(14)5-10(9)17-12/h1-6H,14H2,(H,16,17). The number of pyridine rings is 1. The van der Waals surface area contributed by atoms with Crippen molar-refractivity contribution in [2.45, 2.75) is 10.2 Å². The van der Waals surface area contributed by atoms with E-state index in [0.29, 0.717) is 0 Å². The van der Waals surface area contributed by atoms with Gasteiger partial charge in [-0.15, -0.1) is 0 Å². The van der Waals surface area contributed by atoms with Crippen molar-refractivity contribution in [2.75, 3.05) is 5.73 Å². The summed E-state index contributed by atoms with van der Waals surface area (Å²) in [6.07, 6.45) is 1.77. The van der Waals surface area contributed by atoms with E-state index in [1.165, 1.54) is 11.8 Å². The number of H-pyrrole nitrogens is 1. The molecular weight excluding hydrogens is 312 g/mol. The lowest BCUT2D eigenvalue weighted by Crippen LogP contribution is -1.82. The zero-order valence-electron chi connectivity index (χ0n) is 9.22. The van der Waals surface area contributed by atoms with Gasteiger partial charge in [0.15, 0.2) is 5.16 Å². The summed E-state index contributed by atoms with van der Waals surface area (Å²) in [4.78, 5) is 12.0. The number of aromatic amines is 1. The molecule has 3 aromatic rings. The van der Waals surface area contributed by atoms with Gasteiger partial charge in [0.2, 0.25) is 0 Å². The maximum Gasteiger partial charge on any atom is 0.172 e. The molecule has 4 nitrogen and oxygen atoms in total. The number of nitrogens with one attached hydrogen (secondary N) is 1. The number of hydrogen-bond donors (Lipinski definition) is 2. The summed E-state index contributed by atoms with van der Waals surface area (Å²) < 4.78 is 0.962. The van der Waals surface area contributed by atoms with Gasteiger partial charge in [0.1, 0.15) is 5.03 Å². The van der Waals surface area contributed by atoms with Gasteiger partial charge in [-0.2, -0.15) is 0 Å². The molecule has 3 N–H and O–H groups in total. The zero-order chi connectivity index (χ0) is 12.5. The molecule has 0 fully saturated rings. The Labute approximate surface area is 116 Å².